The zero-order chi connectivity index (χ0) is 10.8. The number of carboxylic acid groups (broad SMARTS) is 1. The first kappa shape index (κ1) is 13.7. The molecule has 15 heavy (non-hydrogen) atoms. The molecule has 1 rings (SSSR count). The average Bonchev–Trinajstić information content (AvgIpc) is 2.17. The van der Waals surface area contributed by atoms with Crippen molar-refractivity contribution < 1.29 is 14.6 Å². The number of ether oxygens (including phenoxy) is 1. The van der Waals surface area contributed by atoms with Crippen LogP contribution in [0.2, 0.25) is 0 Å². The number of rotatable bonds is 3. The average molecular weight is 232 g/mol. The van der Waals surface area contributed by atoms with Crippen molar-refractivity contribution in [3.05, 3.63) is 29.8 Å². The normalized spacial score (nSPS) is 13.5. The SMILES string of the molecule is COc1cccc(C(C)(N)C(=O)O)c1.Cl. The maximum Gasteiger partial charge on any atom is 0.328 e. The summed E-state index contributed by atoms with van der Waals surface area (Å²) in [5.41, 5.74) is 4.79. The summed E-state index contributed by atoms with van der Waals surface area (Å²) in [7, 11) is 1.52. The monoisotopic (exact) mass is 231 g/mol. The van der Waals surface area contributed by atoms with E-state index in [2.05, 4.69) is 0 Å². The molecular formula is C10H14ClNO3. The van der Waals surface area contributed by atoms with Crippen LogP contribution in [0.4, 0.5) is 0 Å². The largest absolute Gasteiger partial charge is 0.497 e. The van der Waals surface area contributed by atoms with Gasteiger partial charge in [-0.25, -0.2) is 4.79 Å². The first-order chi connectivity index (χ1) is 6.48. The van der Waals surface area contributed by atoms with Gasteiger partial charge in [-0.05, 0) is 24.6 Å². The molecule has 4 nitrogen and oxygen atoms in total. The van der Waals surface area contributed by atoms with Crippen LogP contribution in [0.1, 0.15) is 12.5 Å². The Morgan fingerprint density at radius 1 is 1.53 bits per heavy atom. The molecule has 0 aliphatic carbocycles. The van der Waals surface area contributed by atoms with Crippen molar-refractivity contribution in [1.82, 2.24) is 0 Å². The minimum Gasteiger partial charge on any atom is -0.497 e. The quantitative estimate of drug-likeness (QED) is 0.824. The summed E-state index contributed by atoms with van der Waals surface area (Å²) in [6.45, 7) is 1.45. The third kappa shape index (κ3) is 2.84. The van der Waals surface area contributed by atoms with Crippen LogP contribution in [0.3, 0.4) is 0 Å². The predicted molar refractivity (Wildman–Crippen MR) is 59.4 cm³/mol. The molecule has 0 fully saturated rings. The lowest BCUT2D eigenvalue weighted by Crippen LogP contribution is -2.41. The van der Waals surface area contributed by atoms with E-state index in [1.165, 1.54) is 14.0 Å². The molecule has 1 atom stereocenters. The summed E-state index contributed by atoms with van der Waals surface area (Å²) in [5, 5.41) is 8.89. The summed E-state index contributed by atoms with van der Waals surface area (Å²) >= 11 is 0. The Bertz CT molecular complexity index is 352. The van der Waals surface area contributed by atoms with Gasteiger partial charge < -0.3 is 15.6 Å². The fourth-order valence-electron chi connectivity index (χ4n) is 1.07. The summed E-state index contributed by atoms with van der Waals surface area (Å²) in [6, 6.07) is 6.73. The van der Waals surface area contributed by atoms with E-state index in [0.29, 0.717) is 11.3 Å². The number of carboxylic acids is 1. The summed E-state index contributed by atoms with van der Waals surface area (Å²) in [5.74, 6) is -0.467. The van der Waals surface area contributed by atoms with Gasteiger partial charge in [-0.15, -0.1) is 12.4 Å². The minimum absolute atomic E-state index is 0. The molecule has 0 heterocycles. The van der Waals surface area contributed by atoms with E-state index in [9.17, 15) is 4.79 Å². The van der Waals surface area contributed by atoms with E-state index in [1.807, 2.05) is 0 Å². The topological polar surface area (TPSA) is 72.5 Å². The zero-order valence-corrected chi connectivity index (χ0v) is 9.38. The van der Waals surface area contributed by atoms with Gasteiger partial charge in [0.15, 0.2) is 0 Å². The number of carbonyl (C=O) groups is 1. The number of methoxy groups -OCH3 is 1. The van der Waals surface area contributed by atoms with Crippen LogP contribution in [-0.2, 0) is 10.3 Å². The smallest absolute Gasteiger partial charge is 0.328 e. The van der Waals surface area contributed by atoms with Crippen molar-refractivity contribution in [1.29, 1.82) is 0 Å². The Labute approximate surface area is 94.5 Å². The molecular weight excluding hydrogens is 218 g/mol. The van der Waals surface area contributed by atoms with Gasteiger partial charge in [0, 0.05) is 0 Å². The molecule has 0 aliphatic heterocycles. The molecule has 0 aromatic heterocycles. The molecule has 0 saturated carbocycles. The second-order valence-electron chi connectivity index (χ2n) is 3.24. The molecule has 5 heteroatoms. The molecule has 0 saturated heterocycles. The Hall–Kier alpha value is -1.26. The van der Waals surface area contributed by atoms with E-state index >= 15 is 0 Å². The molecule has 0 spiro atoms. The lowest BCUT2D eigenvalue weighted by molar-refractivity contribution is -0.143. The first-order valence-electron chi connectivity index (χ1n) is 4.15. The van der Waals surface area contributed by atoms with Gasteiger partial charge in [0.1, 0.15) is 11.3 Å². The van der Waals surface area contributed by atoms with Crippen molar-refractivity contribution in [3.63, 3.8) is 0 Å². The molecule has 1 aromatic carbocycles. The van der Waals surface area contributed by atoms with Gasteiger partial charge in [0.2, 0.25) is 0 Å². The van der Waals surface area contributed by atoms with Gasteiger partial charge in [-0.2, -0.15) is 0 Å². The number of halogens is 1. The standard InChI is InChI=1S/C10H13NO3.ClH/c1-10(11,9(12)13)7-4-3-5-8(6-7)14-2;/h3-6H,11H2,1-2H3,(H,12,13);1H. The lowest BCUT2D eigenvalue weighted by Gasteiger charge is -2.19. The maximum atomic E-state index is 10.9. The van der Waals surface area contributed by atoms with Gasteiger partial charge in [0.25, 0.3) is 0 Å². The Kier molecular flexibility index (Phi) is 4.58. The third-order valence-corrected chi connectivity index (χ3v) is 2.11. The Morgan fingerprint density at radius 2 is 2.13 bits per heavy atom. The zero-order valence-electron chi connectivity index (χ0n) is 8.56. The second kappa shape index (κ2) is 5.00. The number of hydrogen-bond acceptors (Lipinski definition) is 3. The summed E-state index contributed by atoms with van der Waals surface area (Å²) in [6.07, 6.45) is 0. The van der Waals surface area contributed by atoms with Gasteiger partial charge >= 0.3 is 5.97 Å². The van der Waals surface area contributed by atoms with E-state index in [1.54, 1.807) is 24.3 Å². The Balaban J connectivity index is 0.00000196. The highest BCUT2D eigenvalue weighted by molar-refractivity contribution is 5.85. The fourth-order valence-corrected chi connectivity index (χ4v) is 1.07. The highest BCUT2D eigenvalue weighted by atomic mass is 35.5. The molecule has 0 aliphatic rings. The molecule has 84 valence electrons. The van der Waals surface area contributed by atoms with Crippen molar-refractivity contribution in [2.24, 2.45) is 5.73 Å². The summed E-state index contributed by atoms with van der Waals surface area (Å²) in [4.78, 5) is 10.9. The Morgan fingerprint density at radius 3 is 2.60 bits per heavy atom. The second-order valence-corrected chi connectivity index (χ2v) is 3.24. The van der Waals surface area contributed by atoms with Crippen LogP contribution < -0.4 is 10.5 Å². The van der Waals surface area contributed by atoms with Crippen LogP contribution in [0.25, 0.3) is 0 Å². The first-order valence-corrected chi connectivity index (χ1v) is 4.15. The molecule has 1 aromatic rings. The van der Waals surface area contributed by atoms with Crippen LogP contribution in [0.5, 0.6) is 5.75 Å². The molecule has 0 amide bonds. The van der Waals surface area contributed by atoms with Crippen LogP contribution in [0, 0.1) is 0 Å². The molecule has 0 radical (unpaired) electrons. The van der Waals surface area contributed by atoms with E-state index < -0.39 is 11.5 Å². The minimum atomic E-state index is -1.38. The number of aliphatic carboxylic acids is 1. The molecule has 3 N–H and O–H groups in total. The molecule has 1 unspecified atom stereocenters. The van der Waals surface area contributed by atoms with E-state index in [4.69, 9.17) is 15.6 Å². The van der Waals surface area contributed by atoms with E-state index in [-0.39, 0.29) is 12.4 Å². The summed E-state index contributed by atoms with van der Waals surface area (Å²) < 4.78 is 4.98. The highest BCUT2D eigenvalue weighted by Crippen LogP contribution is 2.22. The van der Waals surface area contributed by atoms with Crippen molar-refractivity contribution in [2.75, 3.05) is 7.11 Å². The van der Waals surface area contributed by atoms with Crippen molar-refractivity contribution in [2.45, 2.75) is 12.5 Å². The van der Waals surface area contributed by atoms with Crippen molar-refractivity contribution in [3.8, 4) is 5.75 Å². The van der Waals surface area contributed by atoms with Gasteiger partial charge in [0.05, 0.1) is 7.11 Å². The van der Waals surface area contributed by atoms with Crippen molar-refractivity contribution >= 4 is 18.4 Å². The van der Waals surface area contributed by atoms with Gasteiger partial charge in [-0.3, -0.25) is 0 Å². The number of benzene rings is 1. The maximum absolute atomic E-state index is 10.9. The highest BCUT2D eigenvalue weighted by Gasteiger charge is 2.30. The van der Waals surface area contributed by atoms with Crippen LogP contribution in [0.15, 0.2) is 24.3 Å². The molecule has 0 bridgehead atoms. The third-order valence-electron chi connectivity index (χ3n) is 2.11. The lowest BCUT2D eigenvalue weighted by atomic mass is 9.93. The van der Waals surface area contributed by atoms with E-state index in [0.717, 1.165) is 0 Å². The fraction of sp³-hybridized carbons (Fsp3) is 0.300. The number of hydrogen-bond donors (Lipinski definition) is 2. The predicted octanol–water partition coefficient (Wildman–Crippen LogP) is 1.38. The number of nitrogens with two attached hydrogens (primary N) is 1. The van der Waals surface area contributed by atoms with Gasteiger partial charge in [-0.1, -0.05) is 12.1 Å². The van der Waals surface area contributed by atoms with Crippen LogP contribution >= 0.6 is 12.4 Å². The van der Waals surface area contributed by atoms with Crippen LogP contribution in [-0.4, -0.2) is 18.2 Å².